The Morgan fingerprint density at radius 2 is 1.60 bits per heavy atom. The van der Waals surface area contributed by atoms with Crippen molar-refractivity contribution in [3.63, 3.8) is 0 Å². The molecule has 226 valence electrons. The molecule has 2 amide bonds. The average molecular weight is 653 g/mol. The van der Waals surface area contributed by atoms with Crippen LogP contribution in [0.25, 0.3) is 0 Å². The van der Waals surface area contributed by atoms with E-state index in [1.165, 1.54) is 23.1 Å². The van der Waals surface area contributed by atoms with Crippen LogP contribution in [0.3, 0.4) is 0 Å². The molecule has 0 aliphatic heterocycles. The summed E-state index contributed by atoms with van der Waals surface area (Å²) in [6.45, 7) is 7.34. The van der Waals surface area contributed by atoms with Gasteiger partial charge in [0.05, 0.1) is 10.6 Å². The molecular weight excluding hydrogens is 617 g/mol. The second-order valence-corrected chi connectivity index (χ2v) is 13.2. The molecule has 0 aliphatic carbocycles. The van der Waals surface area contributed by atoms with Gasteiger partial charge in [-0.15, -0.1) is 0 Å². The van der Waals surface area contributed by atoms with Crippen LogP contribution in [0, 0.1) is 13.8 Å². The zero-order chi connectivity index (χ0) is 31.0. The van der Waals surface area contributed by atoms with Crippen molar-refractivity contribution in [1.82, 2.24) is 10.2 Å². The van der Waals surface area contributed by atoms with Gasteiger partial charge < -0.3 is 10.2 Å². The third kappa shape index (κ3) is 8.40. The van der Waals surface area contributed by atoms with Crippen molar-refractivity contribution in [2.75, 3.05) is 17.4 Å². The van der Waals surface area contributed by atoms with Gasteiger partial charge in [0.1, 0.15) is 12.6 Å². The highest BCUT2D eigenvalue weighted by atomic mass is 35.5. The van der Waals surface area contributed by atoms with Crippen molar-refractivity contribution >= 4 is 62.3 Å². The number of rotatable bonds is 13. The van der Waals surface area contributed by atoms with Crippen molar-refractivity contribution in [2.45, 2.75) is 64.4 Å². The third-order valence-electron chi connectivity index (χ3n) is 6.90. The number of amides is 2. The molecule has 3 rings (SSSR count). The zero-order valence-corrected chi connectivity index (χ0v) is 27.2. The minimum Gasteiger partial charge on any atom is -0.354 e. The van der Waals surface area contributed by atoms with Crippen molar-refractivity contribution in [1.29, 1.82) is 0 Å². The highest BCUT2D eigenvalue weighted by Gasteiger charge is 2.34. The predicted octanol–water partition coefficient (Wildman–Crippen LogP) is 7.18. The Morgan fingerprint density at radius 1 is 0.905 bits per heavy atom. The molecule has 3 aromatic carbocycles. The number of carbonyl (C=O) groups excluding carboxylic acids is 2. The van der Waals surface area contributed by atoms with E-state index in [2.05, 4.69) is 5.32 Å². The van der Waals surface area contributed by atoms with Crippen molar-refractivity contribution in [3.05, 3.63) is 92.4 Å². The maximum Gasteiger partial charge on any atom is 0.264 e. The van der Waals surface area contributed by atoms with E-state index in [9.17, 15) is 18.0 Å². The Bertz CT molecular complexity index is 1510. The molecule has 0 heterocycles. The fourth-order valence-corrected chi connectivity index (χ4v) is 6.41. The normalized spacial score (nSPS) is 12.1. The van der Waals surface area contributed by atoms with Crippen molar-refractivity contribution in [3.8, 4) is 0 Å². The first-order valence-electron chi connectivity index (χ1n) is 13.8. The van der Waals surface area contributed by atoms with Gasteiger partial charge in [-0.05, 0) is 74.2 Å². The Morgan fingerprint density at radius 3 is 2.19 bits per heavy atom. The van der Waals surface area contributed by atoms with Gasteiger partial charge in [-0.25, -0.2) is 8.42 Å². The number of nitrogens with zero attached hydrogens (tertiary/aromatic N) is 2. The molecule has 7 nitrogen and oxygen atoms in total. The van der Waals surface area contributed by atoms with E-state index in [1.54, 1.807) is 56.3 Å². The fraction of sp³-hybridized carbons (Fsp3) is 0.355. The Hall–Kier alpha value is -2.78. The number of hydrogen-bond donors (Lipinski definition) is 1. The van der Waals surface area contributed by atoms with E-state index in [0.29, 0.717) is 33.6 Å². The topological polar surface area (TPSA) is 86.8 Å². The van der Waals surface area contributed by atoms with Gasteiger partial charge >= 0.3 is 0 Å². The van der Waals surface area contributed by atoms with Gasteiger partial charge in [0.25, 0.3) is 10.0 Å². The number of anilines is 1. The minimum absolute atomic E-state index is 0.0224. The molecule has 0 fully saturated rings. The second kappa shape index (κ2) is 15.1. The molecule has 0 saturated heterocycles. The summed E-state index contributed by atoms with van der Waals surface area (Å²) in [6.07, 6.45) is 1.98. The molecular formula is C31H36Cl3N3O4S. The molecule has 0 spiro atoms. The highest BCUT2D eigenvalue weighted by molar-refractivity contribution is 7.92. The van der Waals surface area contributed by atoms with Crippen molar-refractivity contribution in [2.24, 2.45) is 0 Å². The van der Waals surface area contributed by atoms with E-state index < -0.39 is 28.5 Å². The molecule has 0 saturated carbocycles. The summed E-state index contributed by atoms with van der Waals surface area (Å²) in [5, 5.41) is 4.02. The maximum atomic E-state index is 14.2. The predicted molar refractivity (Wildman–Crippen MR) is 171 cm³/mol. The van der Waals surface area contributed by atoms with E-state index >= 15 is 0 Å². The van der Waals surface area contributed by atoms with Crippen LogP contribution in [0.15, 0.2) is 65.6 Å². The van der Waals surface area contributed by atoms with E-state index in [0.717, 1.165) is 28.3 Å². The van der Waals surface area contributed by atoms with Crippen molar-refractivity contribution < 1.29 is 18.0 Å². The summed E-state index contributed by atoms with van der Waals surface area (Å²) in [5.41, 5.74) is 2.44. The van der Waals surface area contributed by atoms with Gasteiger partial charge in [0, 0.05) is 28.2 Å². The molecule has 3 aromatic rings. The fourth-order valence-electron chi connectivity index (χ4n) is 4.36. The van der Waals surface area contributed by atoms with Crippen LogP contribution in [0.4, 0.5) is 5.69 Å². The van der Waals surface area contributed by atoms with Crippen LogP contribution in [0.5, 0.6) is 0 Å². The lowest BCUT2D eigenvalue weighted by Gasteiger charge is -2.33. The summed E-state index contributed by atoms with van der Waals surface area (Å²) >= 11 is 18.9. The minimum atomic E-state index is -4.20. The van der Waals surface area contributed by atoms with Crippen LogP contribution in [0.1, 0.15) is 49.8 Å². The molecule has 1 unspecified atom stereocenters. The van der Waals surface area contributed by atoms with Crippen LogP contribution in [-0.4, -0.2) is 44.3 Å². The SMILES string of the molecule is CCCCNC(=O)C(CC)N(Cc1ccc(Cl)cc1Cl)C(=O)CN(c1ccc(C)c(Cl)c1)S(=O)(=O)c1ccc(C)cc1. The van der Waals surface area contributed by atoms with Gasteiger partial charge in [-0.1, -0.05) is 84.9 Å². The molecule has 0 aliphatic rings. The van der Waals surface area contributed by atoms with Gasteiger partial charge in [0.15, 0.2) is 0 Å². The number of sulfonamides is 1. The summed E-state index contributed by atoms with van der Waals surface area (Å²) in [6, 6.07) is 15.2. The molecule has 42 heavy (non-hydrogen) atoms. The maximum absolute atomic E-state index is 14.2. The Labute approximate surface area is 263 Å². The van der Waals surface area contributed by atoms with Gasteiger partial charge in [-0.3, -0.25) is 13.9 Å². The van der Waals surface area contributed by atoms with Crippen LogP contribution in [0.2, 0.25) is 15.1 Å². The highest BCUT2D eigenvalue weighted by Crippen LogP contribution is 2.29. The first-order chi connectivity index (χ1) is 19.9. The lowest BCUT2D eigenvalue weighted by Crippen LogP contribution is -2.52. The number of unbranched alkanes of at least 4 members (excludes halogenated alkanes) is 1. The van der Waals surface area contributed by atoms with Crippen LogP contribution in [-0.2, 0) is 26.2 Å². The number of benzene rings is 3. The largest absolute Gasteiger partial charge is 0.354 e. The first kappa shape index (κ1) is 33.7. The Balaban J connectivity index is 2.08. The quantitative estimate of drug-likeness (QED) is 0.198. The number of halogens is 3. The van der Waals surface area contributed by atoms with Gasteiger partial charge in [-0.2, -0.15) is 0 Å². The zero-order valence-electron chi connectivity index (χ0n) is 24.2. The monoisotopic (exact) mass is 651 g/mol. The number of hydrogen-bond acceptors (Lipinski definition) is 4. The molecule has 1 N–H and O–H groups in total. The smallest absolute Gasteiger partial charge is 0.264 e. The third-order valence-corrected chi connectivity index (χ3v) is 9.68. The molecule has 0 bridgehead atoms. The van der Waals surface area contributed by atoms with E-state index in [-0.39, 0.29) is 23.0 Å². The van der Waals surface area contributed by atoms with Crippen LogP contribution < -0.4 is 9.62 Å². The first-order valence-corrected chi connectivity index (χ1v) is 16.3. The lowest BCUT2D eigenvalue weighted by molar-refractivity contribution is -0.140. The summed E-state index contributed by atoms with van der Waals surface area (Å²) in [7, 11) is -4.20. The lowest BCUT2D eigenvalue weighted by atomic mass is 10.1. The number of carbonyl (C=O) groups is 2. The standard InChI is InChI=1S/C31H36Cl3N3O4S/c1-5-7-16-35-31(39)29(6-2)36(19-23-11-12-24(32)17-28(23)34)30(38)20-37(25-13-10-22(4)27(33)18-25)42(40,41)26-14-8-21(3)9-15-26/h8-15,17-18,29H,5-7,16,19-20H2,1-4H3,(H,35,39). The van der Waals surface area contributed by atoms with Gasteiger partial charge in [0.2, 0.25) is 11.8 Å². The molecule has 1 atom stereocenters. The van der Waals surface area contributed by atoms with E-state index in [4.69, 9.17) is 34.8 Å². The molecule has 0 aromatic heterocycles. The summed E-state index contributed by atoms with van der Waals surface area (Å²) < 4.78 is 29.0. The Kier molecular flexibility index (Phi) is 12.1. The average Bonchev–Trinajstić information content (AvgIpc) is 2.94. The molecule has 11 heteroatoms. The number of nitrogens with one attached hydrogen (secondary N) is 1. The van der Waals surface area contributed by atoms with Crippen LogP contribution >= 0.6 is 34.8 Å². The summed E-state index contributed by atoms with van der Waals surface area (Å²) in [5.74, 6) is -0.901. The second-order valence-electron chi connectivity index (χ2n) is 10.1. The molecule has 0 radical (unpaired) electrons. The summed E-state index contributed by atoms with van der Waals surface area (Å²) in [4.78, 5) is 28.9. The number of aryl methyl sites for hydroxylation is 2. The van der Waals surface area contributed by atoms with E-state index in [1.807, 2.05) is 13.8 Å².